The van der Waals surface area contributed by atoms with Crippen LogP contribution in [0.25, 0.3) is 22.2 Å². The van der Waals surface area contributed by atoms with Crippen LogP contribution in [0.3, 0.4) is 0 Å². The number of nitrogens with zero attached hydrogens (tertiary/aromatic N) is 2. The minimum atomic E-state index is -0.872. The van der Waals surface area contributed by atoms with E-state index in [1.807, 2.05) is 36.4 Å². The molecular formula is C24H25N3O4. The topological polar surface area (TPSA) is 111 Å². The van der Waals surface area contributed by atoms with Crippen LogP contribution in [0.15, 0.2) is 51.7 Å². The summed E-state index contributed by atoms with van der Waals surface area (Å²) in [6, 6.07) is 15.8. The lowest BCUT2D eigenvalue weighted by molar-refractivity contribution is -0.128. The van der Waals surface area contributed by atoms with Gasteiger partial charge in [-0.25, -0.2) is 4.79 Å². The molecule has 2 N–H and O–H groups in total. The number of fused-ring (bicyclic) bond motifs is 1. The fourth-order valence-corrected chi connectivity index (χ4v) is 4.03. The van der Waals surface area contributed by atoms with Crippen LogP contribution in [-0.4, -0.2) is 29.1 Å². The van der Waals surface area contributed by atoms with E-state index in [1.54, 1.807) is 13.1 Å². The van der Waals surface area contributed by atoms with E-state index in [1.165, 1.54) is 4.57 Å². The molecule has 0 aliphatic carbocycles. The van der Waals surface area contributed by atoms with E-state index in [9.17, 15) is 14.9 Å². The van der Waals surface area contributed by atoms with Crippen LogP contribution in [-0.2, 0) is 23.0 Å². The van der Waals surface area contributed by atoms with Crippen molar-refractivity contribution in [1.29, 1.82) is 5.26 Å². The molecule has 1 saturated heterocycles. The number of aromatic nitrogens is 1. The van der Waals surface area contributed by atoms with Crippen LogP contribution >= 0.6 is 0 Å². The predicted molar refractivity (Wildman–Crippen MR) is 116 cm³/mol. The number of benzene rings is 2. The fraction of sp³-hybridized carbons (Fsp3) is 0.375. The highest BCUT2D eigenvalue weighted by molar-refractivity contribution is 5.88. The quantitative estimate of drug-likeness (QED) is 0.658. The van der Waals surface area contributed by atoms with Gasteiger partial charge >= 0.3 is 5.76 Å². The first kappa shape index (κ1) is 21.0. The molecule has 7 nitrogen and oxygen atoms in total. The molecule has 3 aromatic rings. The Bertz CT molecular complexity index is 1190. The Kier molecular flexibility index (Phi) is 5.77. The molecule has 1 atom stereocenters. The maximum atomic E-state index is 12.7. The molecule has 4 rings (SSSR count). The Morgan fingerprint density at radius 2 is 1.87 bits per heavy atom. The summed E-state index contributed by atoms with van der Waals surface area (Å²) in [5.74, 6) is -0.865. The smallest absolute Gasteiger partial charge is 0.408 e. The third-order valence-electron chi connectivity index (χ3n) is 6.12. The van der Waals surface area contributed by atoms with Gasteiger partial charge in [0, 0.05) is 26.7 Å². The minimum Gasteiger partial charge on any atom is -0.408 e. The number of hydrogen-bond donors (Lipinski definition) is 1. The van der Waals surface area contributed by atoms with Crippen molar-refractivity contribution in [3.8, 4) is 17.2 Å². The van der Waals surface area contributed by atoms with E-state index in [2.05, 4.69) is 6.07 Å². The van der Waals surface area contributed by atoms with Gasteiger partial charge in [0.15, 0.2) is 11.4 Å². The van der Waals surface area contributed by atoms with Crippen molar-refractivity contribution in [2.24, 2.45) is 18.7 Å². The first-order chi connectivity index (χ1) is 14.9. The fourth-order valence-electron chi connectivity index (χ4n) is 4.03. The van der Waals surface area contributed by atoms with E-state index >= 15 is 0 Å². The summed E-state index contributed by atoms with van der Waals surface area (Å²) in [6.07, 6.45) is 1.65. The number of aryl methyl sites for hydroxylation is 1. The predicted octanol–water partition coefficient (Wildman–Crippen LogP) is 2.95. The van der Waals surface area contributed by atoms with Crippen molar-refractivity contribution < 1.29 is 13.9 Å². The second-order valence-electron chi connectivity index (χ2n) is 8.23. The largest absolute Gasteiger partial charge is 0.419 e. The Hall–Kier alpha value is -3.21. The molecule has 2 aromatic carbocycles. The number of ether oxygens (including phenoxy) is 1. The molecule has 7 heteroatoms. The number of rotatable bonds is 6. The SMILES string of the molecule is Cn1c(=O)oc2ccc(-c3ccc(C[C@@H](C#N)CC(=O)C4(N)CCOCC4)cc3)cc21. The first-order valence-electron chi connectivity index (χ1n) is 10.4. The van der Waals surface area contributed by atoms with Crippen LogP contribution in [0.1, 0.15) is 24.8 Å². The van der Waals surface area contributed by atoms with Gasteiger partial charge in [-0.15, -0.1) is 0 Å². The van der Waals surface area contributed by atoms with Gasteiger partial charge in [0.05, 0.1) is 23.0 Å². The van der Waals surface area contributed by atoms with Crippen molar-refractivity contribution in [1.82, 2.24) is 4.57 Å². The summed E-state index contributed by atoms with van der Waals surface area (Å²) in [7, 11) is 1.68. The zero-order valence-corrected chi connectivity index (χ0v) is 17.5. The molecule has 0 radical (unpaired) electrons. The van der Waals surface area contributed by atoms with Gasteiger partial charge in [-0.05, 0) is 48.1 Å². The van der Waals surface area contributed by atoms with Gasteiger partial charge in [0.25, 0.3) is 0 Å². The van der Waals surface area contributed by atoms with E-state index in [0.29, 0.717) is 38.1 Å². The number of hydrogen-bond acceptors (Lipinski definition) is 6. The van der Waals surface area contributed by atoms with Gasteiger partial charge in [-0.3, -0.25) is 9.36 Å². The maximum Gasteiger partial charge on any atom is 0.419 e. The van der Waals surface area contributed by atoms with Gasteiger partial charge < -0.3 is 14.9 Å². The van der Waals surface area contributed by atoms with Crippen LogP contribution in [0.4, 0.5) is 0 Å². The highest BCUT2D eigenvalue weighted by atomic mass is 16.5. The summed E-state index contributed by atoms with van der Waals surface area (Å²) in [5.41, 5.74) is 9.62. The lowest BCUT2D eigenvalue weighted by atomic mass is 9.81. The number of Topliss-reactive ketones (excluding diaryl/α,β-unsaturated/α-hetero) is 1. The summed E-state index contributed by atoms with van der Waals surface area (Å²) in [4.78, 5) is 24.4. The molecule has 1 aromatic heterocycles. The number of ketones is 1. The average Bonchev–Trinajstić information content (AvgIpc) is 3.07. The molecule has 31 heavy (non-hydrogen) atoms. The number of carbonyl (C=O) groups excluding carboxylic acids is 1. The third kappa shape index (κ3) is 4.31. The number of nitrogens with two attached hydrogens (primary N) is 1. The Morgan fingerprint density at radius 3 is 2.55 bits per heavy atom. The highest BCUT2D eigenvalue weighted by Crippen LogP contribution is 2.26. The normalized spacial score (nSPS) is 16.7. The van der Waals surface area contributed by atoms with Crippen LogP contribution in [0, 0.1) is 17.2 Å². The second kappa shape index (κ2) is 8.50. The summed E-state index contributed by atoms with van der Waals surface area (Å²) < 4.78 is 12.0. The molecule has 0 bridgehead atoms. The molecule has 1 aliphatic heterocycles. The highest BCUT2D eigenvalue weighted by Gasteiger charge is 2.36. The van der Waals surface area contributed by atoms with Crippen molar-refractivity contribution in [3.63, 3.8) is 0 Å². The molecule has 1 fully saturated rings. The van der Waals surface area contributed by atoms with Crippen LogP contribution in [0.5, 0.6) is 0 Å². The summed E-state index contributed by atoms with van der Waals surface area (Å²) in [6.45, 7) is 0.972. The number of carbonyl (C=O) groups is 1. The second-order valence-corrected chi connectivity index (χ2v) is 8.23. The van der Waals surface area contributed by atoms with E-state index in [4.69, 9.17) is 14.9 Å². The molecule has 1 aliphatic rings. The zero-order valence-electron chi connectivity index (χ0n) is 17.5. The number of oxazole rings is 1. The molecular weight excluding hydrogens is 394 g/mol. The van der Waals surface area contributed by atoms with Gasteiger partial charge in [-0.2, -0.15) is 5.26 Å². The van der Waals surface area contributed by atoms with Crippen molar-refractivity contribution >= 4 is 16.9 Å². The van der Waals surface area contributed by atoms with Gasteiger partial charge in [-0.1, -0.05) is 30.3 Å². The van der Waals surface area contributed by atoms with Crippen LogP contribution < -0.4 is 11.5 Å². The Morgan fingerprint density at radius 1 is 1.19 bits per heavy atom. The van der Waals surface area contributed by atoms with Crippen LogP contribution in [0.2, 0.25) is 0 Å². The molecule has 0 amide bonds. The maximum absolute atomic E-state index is 12.7. The first-order valence-corrected chi connectivity index (χ1v) is 10.4. The molecule has 0 spiro atoms. The number of nitriles is 1. The average molecular weight is 419 g/mol. The lowest BCUT2D eigenvalue weighted by Crippen LogP contribution is -2.52. The van der Waals surface area contributed by atoms with Gasteiger partial charge in [0.2, 0.25) is 0 Å². The molecule has 0 unspecified atom stereocenters. The molecule has 0 saturated carbocycles. The third-order valence-corrected chi connectivity index (χ3v) is 6.12. The zero-order chi connectivity index (χ0) is 22.0. The summed E-state index contributed by atoms with van der Waals surface area (Å²) in [5, 5.41) is 9.58. The summed E-state index contributed by atoms with van der Waals surface area (Å²) >= 11 is 0. The monoisotopic (exact) mass is 419 g/mol. The van der Waals surface area contributed by atoms with Gasteiger partial charge in [0.1, 0.15) is 0 Å². The molecule has 160 valence electrons. The Labute approximate surface area is 180 Å². The van der Waals surface area contributed by atoms with Crippen molar-refractivity contribution in [3.05, 3.63) is 58.6 Å². The minimum absolute atomic E-state index is 0.0574. The van der Waals surface area contributed by atoms with E-state index < -0.39 is 11.5 Å². The Balaban J connectivity index is 1.46. The van der Waals surface area contributed by atoms with E-state index in [-0.39, 0.29) is 18.0 Å². The van der Waals surface area contributed by atoms with Crippen molar-refractivity contribution in [2.45, 2.75) is 31.2 Å². The molecule has 2 heterocycles. The lowest BCUT2D eigenvalue weighted by Gasteiger charge is -2.32. The van der Waals surface area contributed by atoms with Crippen molar-refractivity contribution in [2.75, 3.05) is 13.2 Å². The standard InChI is InChI=1S/C24H25N3O4/c1-27-20-14-19(6-7-21(20)31-23(27)29)18-4-2-16(3-5-18)12-17(15-25)13-22(28)24(26)8-10-30-11-9-24/h2-7,14,17H,8-13,26H2,1H3/t17-/m1/s1. The van der Waals surface area contributed by atoms with E-state index in [0.717, 1.165) is 22.2 Å².